The Morgan fingerprint density at radius 2 is 2.05 bits per heavy atom. The number of rotatable bonds is 6. The number of aromatic nitrogens is 1. The van der Waals surface area contributed by atoms with Gasteiger partial charge in [-0.2, -0.15) is 0 Å². The van der Waals surface area contributed by atoms with Gasteiger partial charge in [-0.25, -0.2) is 22.9 Å². The van der Waals surface area contributed by atoms with Gasteiger partial charge >= 0.3 is 5.97 Å². The van der Waals surface area contributed by atoms with Crippen molar-refractivity contribution >= 4 is 21.9 Å². The van der Waals surface area contributed by atoms with Crippen LogP contribution in [-0.4, -0.2) is 43.0 Å². The molecule has 1 aliphatic rings. The summed E-state index contributed by atoms with van der Waals surface area (Å²) in [5.74, 6) is -1.60. The Morgan fingerprint density at radius 3 is 2.55 bits per heavy atom. The average Bonchev–Trinajstić information content (AvgIpc) is 3.20. The monoisotopic (exact) mass is 299 g/mol. The summed E-state index contributed by atoms with van der Waals surface area (Å²) in [6.45, 7) is -0.374. The molecule has 9 heteroatoms. The number of carboxylic acid groups (broad SMARTS) is 1. The van der Waals surface area contributed by atoms with Crippen LogP contribution < -0.4 is 10.0 Å². The van der Waals surface area contributed by atoms with E-state index in [1.165, 1.54) is 0 Å². The Kier molecular flexibility index (Phi) is 4.00. The molecule has 0 atom stereocenters. The molecule has 0 unspecified atom stereocenters. The predicted octanol–water partition coefficient (Wildman–Crippen LogP) is -0.663. The molecular formula is C11H13N3O5S. The zero-order chi connectivity index (χ0) is 14.8. The summed E-state index contributed by atoms with van der Waals surface area (Å²) in [6.07, 6.45) is 2.77. The molecule has 2 rings (SSSR count). The minimum atomic E-state index is -3.93. The SMILES string of the molecule is O=C(CNS(=O)(=O)c1ccc(C(=O)O)cn1)NC1CC1. The second-order valence-electron chi connectivity index (χ2n) is 4.36. The van der Waals surface area contributed by atoms with Crippen LogP contribution in [0.2, 0.25) is 0 Å². The third kappa shape index (κ3) is 3.75. The summed E-state index contributed by atoms with van der Waals surface area (Å²) < 4.78 is 25.7. The van der Waals surface area contributed by atoms with Crippen LogP contribution in [0.15, 0.2) is 23.4 Å². The van der Waals surface area contributed by atoms with Gasteiger partial charge in [0.25, 0.3) is 10.0 Å². The fraction of sp³-hybridized carbons (Fsp3) is 0.364. The van der Waals surface area contributed by atoms with E-state index in [2.05, 4.69) is 15.0 Å². The molecule has 0 aromatic carbocycles. The summed E-state index contributed by atoms with van der Waals surface area (Å²) in [6, 6.07) is 2.36. The van der Waals surface area contributed by atoms with Crippen LogP contribution >= 0.6 is 0 Å². The van der Waals surface area contributed by atoms with Crippen molar-refractivity contribution in [3.05, 3.63) is 23.9 Å². The first-order valence-electron chi connectivity index (χ1n) is 5.87. The van der Waals surface area contributed by atoms with E-state index in [0.717, 1.165) is 31.2 Å². The summed E-state index contributed by atoms with van der Waals surface area (Å²) in [5.41, 5.74) is -0.115. The summed E-state index contributed by atoms with van der Waals surface area (Å²) in [7, 11) is -3.93. The molecule has 108 valence electrons. The molecule has 1 aliphatic carbocycles. The van der Waals surface area contributed by atoms with Crippen molar-refractivity contribution in [2.24, 2.45) is 0 Å². The van der Waals surface area contributed by atoms with Gasteiger partial charge in [0.1, 0.15) is 0 Å². The minimum Gasteiger partial charge on any atom is -0.478 e. The Bertz CT molecular complexity index is 622. The summed E-state index contributed by atoms with van der Waals surface area (Å²) in [4.78, 5) is 25.6. The number of carboxylic acids is 1. The van der Waals surface area contributed by atoms with E-state index in [-0.39, 0.29) is 23.2 Å². The molecular weight excluding hydrogens is 286 g/mol. The second kappa shape index (κ2) is 5.55. The van der Waals surface area contributed by atoms with Crippen LogP contribution in [0, 0.1) is 0 Å². The third-order valence-corrected chi connectivity index (χ3v) is 3.94. The van der Waals surface area contributed by atoms with Crippen molar-refractivity contribution in [3.63, 3.8) is 0 Å². The molecule has 1 aromatic heterocycles. The fourth-order valence-corrected chi connectivity index (χ4v) is 2.31. The zero-order valence-electron chi connectivity index (χ0n) is 10.4. The van der Waals surface area contributed by atoms with E-state index in [1.807, 2.05) is 0 Å². The van der Waals surface area contributed by atoms with Crippen LogP contribution in [-0.2, 0) is 14.8 Å². The molecule has 1 aromatic rings. The van der Waals surface area contributed by atoms with Gasteiger partial charge < -0.3 is 10.4 Å². The van der Waals surface area contributed by atoms with Crippen molar-refractivity contribution in [1.82, 2.24) is 15.0 Å². The first kappa shape index (κ1) is 14.4. The predicted molar refractivity (Wildman–Crippen MR) is 67.5 cm³/mol. The van der Waals surface area contributed by atoms with Gasteiger partial charge in [-0.05, 0) is 25.0 Å². The lowest BCUT2D eigenvalue weighted by Crippen LogP contribution is -2.38. The Balaban J connectivity index is 1.98. The van der Waals surface area contributed by atoms with E-state index in [0.29, 0.717) is 0 Å². The number of nitrogens with zero attached hydrogens (tertiary/aromatic N) is 1. The number of carbonyl (C=O) groups excluding carboxylic acids is 1. The van der Waals surface area contributed by atoms with E-state index >= 15 is 0 Å². The average molecular weight is 299 g/mol. The standard InChI is InChI=1S/C11H13N3O5S/c15-9(14-8-2-3-8)6-13-20(18,19)10-4-1-7(5-12-10)11(16)17/h1,4-5,8,13H,2-3,6H2,(H,14,15)(H,16,17). The van der Waals surface area contributed by atoms with Gasteiger partial charge in [-0.15, -0.1) is 0 Å². The second-order valence-corrected chi connectivity index (χ2v) is 6.07. The number of aromatic carboxylic acids is 1. The number of pyridine rings is 1. The van der Waals surface area contributed by atoms with Crippen LogP contribution in [0.4, 0.5) is 0 Å². The van der Waals surface area contributed by atoms with E-state index in [1.54, 1.807) is 0 Å². The molecule has 8 nitrogen and oxygen atoms in total. The molecule has 1 heterocycles. The number of hydrogen-bond donors (Lipinski definition) is 3. The topological polar surface area (TPSA) is 125 Å². The largest absolute Gasteiger partial charge is 0.478 e. The highest BCUT2D eigenvalue weighted by molar-refractivity contribution is 7.89. The van der Waals surface area contributed by atoms with E-state index in [9.17, 15) is 18.0 Å². The molecule has 1 saturated carbocycles. The van der Waals surface area contributed by atoms with Gasteiger partial charge in [-0.3, -0.25) is 4.79 Å². The fourth-order valence-electron chi connectivity index (χ4n) is 1.41. The third-order valence-electron chi connectivity index (χ3n) is 2.62. The molecule has 0 saturated heterocycles. The van der Waals surface area contributed by atoms with Gasteiger partial charge in [-0.1, -0.05) is 0 Å². The van der Waals surface area contributed by atoms with Crippen molar-refractivity contribution < 1.29 is 23.1 Å². The Hall–Kier alpha value is -2.00. The van der Waals surface area contributed by atoms with Crippen molar-refractivity contribution in [2.75, 3.05) is 6.54 Å². The van der Waals surface area contributed by atoms with Crippen LogP contribution in [0.5, 0.6) is 0 Å². The van der Waals surface area contributed by atoms with Crippen LogP contribution in [0.1, 0.15) is 23.2 Å². The van der Waals surface area contributed by atoms with E-state index in [4.69, 9.17) is 5.11 Å². The Morgan fingerprint density at radius 1 is 1.35 bits per heavy atom. The lowest BCUT2D eigenvalue weighted by Gasteiger charge is -2.06. The van der Waals surface area contributed by atoms with Gasteiger partial charge in [0, 0.05) is 12.2 Å². The first-order valence-corrected chi connectivity index (χ1v) is 7.35. The highest BCUT2D eigenvalue weighted by Gasteiger charge is 2.24. The van der Waals surface area contributed by atoms with Crippen molar-refractivity contribution in [2.45, 2.75) is 23.9 Å². The quantitative estimate of drug-likeness (QED) is 0.640. The Labute approximate surface area is 115 Å². The number of nitrogens with one attached hydrogen (secondary N) is 2. The van der Waals surface area contributed by atoms with Crippen LogP contribution in [0.3, 0.4) is 0 Å². The molecule has 1 amide bonds. The maximum atomic E-state index is 11.8. The normalized spacial score (nSPS) is 14.8. The molecule has 20 heavy (non-hydrogen) atoms. The summed E-state index contributed by atoms with van der Waals surface area (Å²) >= 11 is 0. The lowest BCUT2D eigenvalue weighted by molar-refractivity contribution is -0.120. The van der Waals surface area contributed by atoms with Crippen molar-refractivity contribution in [3.8, 4) is 0 Å². The summed E-state index contributed by atoms with van der Waals surface area (Å²) in [5, 5.41) is 11.0. The number of carbonyl (C=O) groups is 2. The lowest BCUT2D eigenvalue weighted by atomic mass is 10.3. The highest BCUT2D eigenvalue weighted by atomic mass is 32.2. The number of amides is 1. The zero-order valence-corrected chi connectivity index (χ0v) is 11.2. The number of sulfonamides is 1. The van der Waals surface area contributed by atoms with Crippen molar-refractivity contribution in [1.29, 1.82) is 0 Å². The van der Waals surface area contributed by atoms with Gasteiger partial charge in [0.15, 0.2) is 5.03 Å². The maximum absolute atomic E-state index is 11.8. The minimum absolute atomic E-state index is 0.115. The highest BCUT2D eigenvalue weighted by Crippen LogP contribution is 2.18. The van der Waals surface area contributed by atoms with E-state index < -0.39 is 21.9 Å². The maximum Gasteiger partial charge on any atom is 0.337 e. The molecule has 0 spiro atoms. The van der Waals surface area contributed by atoms with Crippen LogP contribution in [0.25, 0.3) is 0 Å². The van der Waals surface area contributed by atoms with Gasteiger partial charge in [0.05, 0.1) is 12.1 Å². The molecule has 1 fully saturated rings. The molecule has 0 radical (unpaired) electrons. The van der Waals surface area contributed by atoms with Gasteiger partial charge in [0.2, 0.25) is 5.91 Å². The molecule has 0 aliphatic heterocycles. The number of hydrogen-bond acceptors (Lipinski definition) is 5. The molecule has 0 bridgehead atoms. The smallest absolute Gasteiger partial charge is 0.337 e. The first-order chi connectivity index (χ1) is 9.38. The molecule has 3 N–H and O–H groups in total.